The Kier molecular flexibility index (Phi) is 6.41. The molecule has 3 aromatic rings. The Morgan fingerprint density at radius 2 is 1.83 bits per heavy atom. The fourth-order valence-corrected chi connectivity index (χ4v) is 3.45. The molecule has 3 rings (SSSR count). The Bertz CT molecular complexity index is 1210. The van der Waals surface area contributed by atoms with Gasteiger partial charge < -0.3 is 14.3 Å². The van der Waals surface area contributed by atoms with Crippen LogP contribution in [0.2, 0.25) is 0 Å². The minimum Gasteiger partial charge on any atom is -0.493 e. The standard InChI is InChI=1S/C21H21NO7S/c1-30(26,27)22-16-8-5-14(6-9-16)18-12-15-7-10-17(13-19(15)29-21(18)25)28-11-3-2-4-20(23)24/h5-10,12-13,22H,2-4,11H2,1H3,(H,23,24). The van der Waals surface area contributed by atoms with E-state index in [9.17, 15) is 18.0 Å². The van der Waals surface area contributed by atoms with Gasteiger partial charge in [0, 0.05) is 23.6 Å². The van der Waals surface area contributed by atoms with Crippen molar-refractivity contribution < 1.29 is 27.5 Å². The highest BCUT2D eigenvalue weighted by Crippen LogP contribution is 2.25. The second-order valence-corrected chi connectivity index (χ2v) is 8.55. The molecule has 0 bridgehead atoms. The van der Waals surface area contributed by atoms with Gasteiger partial charge >= 0.3 is 11.6 Å². The fraction of sp³-hybridized carbons (Fsp3) is 0.238. The third kappa shape index (κ3) is 5.84. The summed E-state index contributed by atoms with van der Waals surface area (Å²) in [5.41, 5.74) is 1.21. The number of aliphatic carboxylic acids is 1. The van der Waals surface area contributed by atoms with E-state index in [4.69, 9.17) is 14.3 Å². The molecule has 0 unspecified atom stereocenters. The number of carboxylic acids is 1. The maximum absolute atomic E-state index is 12.4. The normalized spacial score (nSPS) is 11.4. The third-order valence-corrected chi connectivity index (χ3v) is 4.87. The van der Waals surface area contributed by atoms with Gasteiger partial charge in [-0.1, -0.05) is 12.1 Å². The van der Waals surface area contributed by atoms with Crippen LogP contribution in [0.15, 0.2) is 57.7 Å². The van der Waals surface area contributed by atoms with Crippen molar-refractivity contribution in [3.05, 3.63) is 59.0 Å². The highest BCUT2D eigenvalue weighted by atomic mass is 32.2. The summed E-state index contributed by atoms with van der Waals surface area (Å²) >= 11 is 0. The van der Waals surface area contributed by atoms with Gasteiger partial charge in [0.1, 0.15) is 11.3 Å². The molecule has 0 radical (unpaired) electrons. The molecule has 9 heteroatoms. The number of carbonyl (C=O) groups is 1. The predicted molar refractivity (Wildman–Crippen MR) is 113 cm³/mol. The molecular weight excluding hydrogens is 410 g/mol. The second-order valence-electron chi connectivity index (χ2n) is 6.80. The van der Waals surface area contributed by atoms with Crippen LogP contribution < -0.4 is 15.1 Å². The van der Waals surface area contributed by atoms with Crippen LogP contribution in [0.25, 0.3) is 22.1 Å². The topological polar surface area (TPSA) is 123 Å². The number of nitrogens with one attached hydrogen (secondary N) is 1. The molecule has 1 aromatic heterocycles. The van der Waals surface area contributed by atoms with Crippen LogP contribution in [-0.2, 0) is 14.8 Å². The van der Waals surface area contributed by atoms with Crippen molar-refractivity contribution in [1.82, 2.24) is 0 Å². The quantitative estimate of drug-likeness (QED) is 0.393. The summed E-state index contributed by atoms with van der Waals surface area (Å²) in [6, 6.07) is 13.3. The van der Waals surface area contributed by atoms with E-state index in [0.717, 1.165) is 6.26 Å². The molecule has 0 saturated carbocycles. The van der Waals surface area contributed by atoms with Crippen molar-refractivity contribution in [1.29, 1.82) is 0 Å². The van der Waals surface area contributed by atoms with Gasteiger partial charge in [-0.2, -0.15) is 0 Å². The number of anilines is 1. The molecule has 8 nitrogen and oxygen atoms in total. The first-order chi connectivity index (χ1) is 14.2. The number of fused-ring (bicyclic) bond motifs is 1. The van der Waals surface area contributed by atoms with E-state index in [1.807, 2.05) is 0 Å². The molecule has 1 heterocycles. The maximum atomic E-state index is 12.4. The second kappa shape index (κ2) is 9.00. The molecule has 0 spiro atoms. The van der Waals surface area contributed by atoms with Gasteiger partial charge in [0.05, 0.1) is 18.4 Å². The number of sulfonamides is 1. The summed E-state index contributed by atoms with van der Waals surface area (Å²) in [7, 11) is -3.38. The zero-order chi connectivity index (χ0) is 21.7. The van der Waals surface area contributed by atoms with Crippen molar-refractivity contribution in [2.24, 2.45) is 0 Å². The Balaban J connectivity index is 1.76. The summed E-state index contributed by atoms with van der Waals surface area (Å²) in [6.45, 7) is 0.370. The van der Waals surface area contributed by atoms with E-state index < -0.39 is 21.6 Å². The molecule has 0 fully saturated rings. The minimum absolute atomic E-state index is 0.101. The molecule has 2 N–H and O–H groups in total. The lowest BCUT2D eigenvalue weighted by molar-refractivity contribution is -0.137. The minimum atomic E-state index is -3.38. The first-order valence-electron chi connectivity index (χ1n) is 9.22. The van der Waals surface area contributed by atoms with Crippen LogP contribution >= 0.6 is 0 Å². The third-order valence-electron chi connectivity index (χ3n) is 4.26. The zero-order valence-electron chi connectivity index (χ0n) is 16.3. The molecule has 0 saturated heterocycles. The van der Waals surface area contributed by atoms with Gasteiger partial charge in [-0.3, -0.25) is 9.52 Å². The maximum Gasteiger partial charge on any atom is 0.344 e. The summed E-state index contributed by atoms with van der Waals surface area (Å²) in [6.07, 6.45) is 2.30. The van der Waals surface area contributed by atoms with E-state index in [1.54, 1.807) is 48.5 Å². The van der Waals surface area contributed by atoms with E-state index in [-0.39, 0.29) is 6.42 Å². The molecule has 2 aromatic carbocycles. The van der Waals surface area contributed by atoms with Crippen LogP contribution in [0, 0.1) is 0 Å². The van der Waals surface area contributed by atoms with Crippen LogP contribution in [-0.4, -0.2) is 32.4 Å². The van der Waals surface area contributed by atoms with Crippen molar-refractivity contribution in [2.75, 3.05) is 17.6 Å². The number of rotatable bonds is 9. The summed E-state index contributed by atoms with van der Waals surface area (Å²) in [5, 5.41) is 9.34. The molecule has 0 atom stereocenters. The van der Waals surface area contributed by atoms with Crippen molar-refractivity contribution in [3.63, 3.8) is 0 Å². The molecule has 0 aliphatic heterocycles. The number of ether oxygens (including phenoxy) is 1. The lowest BCUT2D eigenvalue weighted by atomic mass is 10.1. The van der Waals surface area contributed by atoms with Gasteiger partial charge in [0.25, 0.3) is 0 Å². The lowest BCUT2D eigenvalue weighted by Gasteiger charge is -2.08. The van der Waals surface area contributed by atoms with Gasteiger partial charge in [0.2, 0.25) is 10.0 Å². The largest absolute Gasteiger partial charge is 0.493 e. The molecule has 0 amide bonds. The van der Waals surface area contributed by atoms with Crippen LogP contribution in [0.3, 0.4) is 0 Å². The number of hydrogen-bond acceptors (Lipinski definition) is 6. The molecular formula is C21H21NO7S. The molecule has 0 aliphatic rings. The van der Waals surface area contributed by atoms with Gasteiger partial charge in [-0.25, -0.2) is 13.2 Å². The smallest absolute Gasteiger partial charge is 0.344 e. The van der Waals surface area contributed by atoms with Crippen molar-refractivity contribution >= 4 is 32.6 Å². The van der Waals surface area contributed by atoms with E-state index in [2.05, 4.69) is 4.72 Å². The predicted octanol–water partition coefficient (Wildman–Crippen LogP) is 3.47. The van der Waals surface area contributed by atoms with E-state index >= 15 is 0 Å². The van der Waals surface area contributed by atoms with Crippen LogP contribution in [0.4, 0.5) is 5.69 Å². The first-order valence-corrected chi connectivity index (χ1v) is 11.1. The lowest BCUT2D eigenvalue weighted by Crippen LogP contribution is -2.09. The number of carboxylic acid groups (broad SMARTS) is 1. The fourth-order valence-electron chi connectivity index (χ4n) is 2.88. The molecule has 30 heavy (non-hydrogen) atoms. The average Bonchev–Trinajstić information content (AvgIpc) is 2.66. The van der Waals surface area contributed by atoms with Crippen LogP contribution in [0.5, 0.6) is 5.75 Å². The number of hydrogen-bond donors (Lipinski definition) is 2. The van der Waals surface area contributed by atoms with E-state index in [1.165, 1.54) is 0 Å². The highest BCUT2D eigenvalue weighted by molar-refractivity contribution is 7.92. The Labute approximate surface area is 173 Å². The highest BCUT2D eigenvalue weighted by Gasteiger charge is 2.10. The van der Waals surface area contributed by atoms with Gasteiger partial charge in [-0.15, -0.1) is 0 Å². The average molecular weight is 431 g/mol. The zero-order valence-corrected chi connectivity index (χ0v) is 17.1. The van der Waals surface area contributed by atoms with Crippen molar-refractivity contribution in [3.8, 4) is 16.9 Å². The Hall–Kier alpha value is -3.33. The molecule has 158 valence electrons. The van der Waals surface area contributed by atoms with E-state index in [0.29, 0.717) is 53.0 Å². The number of benzene rings is 2. The molecule has 0 aliphatic carbocycles. The summed E-state index contributed by atoms with van der Waals surface area (Å²) in [4.78, 5) is 22.9. The monoisotopic (exact) mass is 431 g/mol. The summed E-state index contributed by atoms with van der Waals surface area (Å²) in [5.74, 6) is -0.301. The summed E-state index contributed by atoms with van der Waals surface area (Å²) < 4.78 is 36.0. The van der Waals surface area contributed by atoms with Gasteiger partial charge in [-0.05, 0) is 48.7 Å². The van der Waals surface area contributed by atoms with Gasteiger partial charge in [0.15, 0.2) is 0 Å². The van der Waals surface area contributed by atoms with Crippen molar-refractivity contribution in [2.45, 2.75) is 19.3 Å². The Morgan fingerprint density at radius 1 is 1.10 bits per heavy atom. The van der Waals surface area contributed by atoms with Crippen LogP contribution in [0.1, 0.15) is 19.3 Å². The Morgan fingerprint density at radius 3 is 2.50 bits per heavy atom. The SMILES string of the molecule is CS(=O)(=O)Nc1ccc(-c2cc3ccc(OCCCCC(=O)O)cc3oc2=O)cc1. The number of unbranched alkanes of at least 4 members (excludes halogenated alkanes) is 1. The first kappa shape index (κ1) is 21.4.